The predicted octanol–water partition coefficient (Wildman–Crippen LogP) is 3.41. The largest absolute Gasteiger partial charge is 0.507 e. The number of benzene rings is 1. The van der Waals surface area contributed by atoms with Gasteiger partial charge in [0.1, 0.15) is 18.3 Å². The average Bonchev–Trinajstić information content (AvgIpc) is 3.77. The number of fused-ring (bicyclic) bond motifs is 3. The smallest absolute Gasteiger partial charge is 0.254 e. The van der Waals surface area contributed by atoms with Crippen LogP contribution in [0.3, 0.4) is 0 Å². The monoisotopic (exact) mass is 674 g/mol. The summed E-state index contributed by atoms with van der Waals surface area (Å²) in [6.45, 7) is 10.1. The van der Waals surface area contributed by atoms with Gasteiger partial charge in [-0.1, -0.05) is 26.0 Å². The summed E-state index contributed by atoms with van der Waals surface area (Å²) in [5.74, 6) is 1.53. The number of aliphatic hydroxyl groups is 1. The molecule has 0 aliphatic carbocycles. The second-order valence-electron chi connectivity index (χ2n) is 14.5. The molecule has 6 heterocycles. The standard InChI is InChI=1S/C36H50N8O5/c1-23(2)34(36(47)43-14-11-27(45)22-43)32-20-33(40-49-32)48-17-16-42-12-8-24(9-13-42)41(3)25-10-15-44-26(18-25)21-37-35-30(44)19-29(38-39-35)28-6-4-5-7-31(28)46/h4-7,19-20,23-27,34,45-46H,8-18,21-22H2,1-3H3,(H,37,39)/t25?,26?,27-,34-/m1/s1. The highest BCUT2D eigenvalue weighted by molar-refractivity contribution is 5.83. The van der Waals surface area contributed by atoms with Crippen LogP contribution >= 0.6 is 0 Å². The first-order valence-electron chi connectivity index (χ1n) is 17.9. The van der Waals surface area contributed by atoms with Crippen molar-refractivity contribution in [1.29, 1.82) is 0 Å². The molecule has 3 fully saturated rings. The summed E-state index contributed by atoms with van der Waals surface area (Å²) < 4.78 is 11.6. The number of anilines is 2. The molecule has 13 nitrogen and oxygen atoms in total. The maximum absolute atomic E-state index is 13.2. The Bertz CT molecular complexity index is 1590. The fraction of sp³-hybridized carbons (Fsp3) is 0.611. The second-order valence-corrected chi connectivity index (χ2v) is 14.5. The molecule has 7 rings (SSSR count). The van der Waals surface area contributed by atoms with Crippen LogP contribution in [0.15, 0.2) is 40.9 Å². The molecular weight excluding hydrogens is 624 g/mol. The molecule has 0 saturated carbocycles. The maximum Gasteiger partial charge on any atom is 0.254 e. The summed E-state index contributed by atoms with van der Waals surface area (Å²) in [6.07, 6.45) is 4.60. The van der Waals surface area contributed by atoms with E-state index in [1.807, 2.05) is 32.0 Å². The van der Waals surface area contributed by atoms with Gasteiger partial charge in [-0.25, -0.2) is 0 Å². The first kappa shape index (κ1) is 33.6. The number of aromatic hydroxyl groups is 1. The number of piperidine rings is 2. The van der Waals surface area contributed by atoms with E-state index in [0.29, 0.717) is 67.1 Å². The number of amides is 1. The second kappa shape index (κ2) is 14.5. The first-order valence-corrected chi connectivity index (χ1v) is 17.9. The average molecular weight is 675 g/mol. The molecule has 3 aromatic rings. The Morgan fingerprint density at radius 1 is 1.08 bits per heavy atom. The van der Waals surface area contributed by atoms with Crippen molar-refractivity contribution >= 4 is 17.4 Å². The third-order valence-corrected chi connectivity index (χ3v) is 11.0. The minimum atomic E-state index is -0.453. The van der Waals surface area contributed by atoms with Gasteiger partial charge in [-0.3, -0.25) is 9.69 Å². The van der Waals surface area contributed by atoms with Crippen molar-refractivity contribution in [1.82, 2.24) is 30.1 Å². The fourth-order valence-corrected chi connectivity index (χ4v) is 8.16. The third-order valence-electron chi connectivity index (χ3n) is 11.0. The summed E-state index contributed by atoms with van der Waals surface area (Å²) in [5.41, 5.74) is 2.45. The Kier molecular flexibility index (Phi) is 9.93. The highest BCUT2D eigenvalue weighted by Gasteiger charge is 2.38. The molecule has 2 unspecified atom stereocenters. The molecule has 1 amide bonds. The Morgan fingerprint density at radius 3 is 2.63 bits per heavy atom. The summed E-state index contributed by atoms with van der Waals surface area (Å²) >= 11 is 0. The normalized spacial score (nSPS) is 23.8. The number of β-amino-alcohol motifs (C(OH)–C–C–N with tert-alkyl or cyclic N) is 1. The number of ether oxygens (including phenoxy) is 1. The SMILES string of the molecule is CC(C)[C@@H](C(=O)N1CC[C@@H](O)C1)c1cc(OCCN2CCC(N(C)C3CCN4c5cc(-c6ccccc6O)nnc5NCC4C3)CC2)no1. The molecule has 49 heavy (non-hydrogen) atoms. The molecule has 4 atom stereocenters. The fourth-order valence-electron chi connectivity index (χ4n) is 8.16. The van der Waals surface area contributed by atoms with Crippen molar-refractivity contribution in [3.63, 3.8) is 0 Å². The number of phenols is 1. The number of hydrogen-bond donors (Lipinski definition) is 3. The summed E-state index contributed by atoms with van der Waals surface area (Å²) in [4.78, 5) is 22.5. The Hall–Kier alpha value is -3.94. The van der Waals surface area contributed by atoms with Crippen LogP contribution in [0.25, 0.3) is 11.3 Å². The van der Waals surface area contributed by atoms with Crippen LogP contribution in [0.2, 0.25) is 0 Å². The minimum absolute atomic E-state index is 0.0254. The van der Waals surface area contributed by atoms with Gasteiger partial charge in [-0.2, -0.15) is 0 Å². The molecular formula is C36H50N8O5. The number of para-hydroxylation sites is 1. The van der Waals surface area contributed by atoms with Gasteiger partial charge in [0.2, 0.25) is 5.91 Å². The van der Waals surface area contributed by atoms with E-state index in [0.717, 1.165) is 69.9 Å². The number of nitrogens with zero attached hydrogens (tertiary/aromatic N) is 7. The Balaban J connectivity index is 0.869. The molecule has 13 heteroatoms. The first-order chi connectivity index (χ1) is 23.7. The molecule has 4 aliphatic rings. The molecule has 0 bridgehead atoms. The zero-order chi connectivity index (χ0) is 34.1. The number of nitrogens with one attached hydrogen (secondary N) is 1. The molecule has 4 aliphatic heterocycles. The number of aliphatic hydroxyl groups excluding tert-OH is 1. The predicted molar refractivity (Wildman–Crippen MR) is 186 cm³/mol. The number of carbonyl (C=O) groups is 1. The van der Waals surface area contributed by atoms with Crippen LogP contribution in [0.1, 0.15) is 57.6 Å². The number of hydrogen-bond acceptors (Lipinski definition) is 12. The quantitative estimate of drug-likeness (QED) is 0.290. The summed E-state index contributed by atoms with van der Waals surface area (Å²) in [5, 5.41) is 36.7. The number of carbonyl (C=O) groups excluding carboxylic acids is 1. The minimum Gasteiger partial charge on any atom is -0.507 e. The zero-order valence-corrected chi connectivity index (χ0v) is 28.9. The molecule has 2 aromatic heterocycles. The van der Waals surface area contributed by atoms with E-state index in [1.54, 1.807) is 17.0 Å². The van der Waals surface area contributed by atoms with Crippen molar-refractivity contribution in [3.05, 3.63) is 42.2 Å². The van der Waals surface area contributed by atoms with E-state index in [4.69, 9.17) is 9.26 Å². The molecule has 3 N–H and O–H groups in total. The Morgan fingerprint density at radius 2 is 1.88 bits per heavy atom. The van der Waals surface area contributed by atoms with E-state index in [9.17, 15) is 15.0 Å². The number of likely N-dealkylation sites (tertiary alicyclic amines) is 2. The van der Waals surface area contributed by atoms with E-state index >= 15 is 0 Å². The van der Waals surface area contributed by atoms with Crippen molar-refractivity contribution in [3.8, 4) is 22.9 Å². The van der Waals surface area contributed by atoms with Crippen LogP contribution in [0.4, 0.5) is 11.5 Å². The van der Waals surface area contributed by atoms with Gasteiger partial charge in [0.25, 0.3) is 5.88 Å². The zero-order valence-electron chi connectivity index (χ0n) is 28.9. The van der Waals surface area contributed by atoms with E-state index in [-0.39, 0.29) is 17.6 Å². The molecule has 3 saturated heterocycles. The van der Waals surface area contributed by atoms with Crippen LogP contribution in [0, 0.1) is 5.92 Å². The highest BCUT2D eigenvalue weighted by Crippen LogP contribution is 2.39. The lowest BCUT2D eigenvalue weighted by Gasteiger charge is -2.48. The molecule has 0 radical (unpaired) electrons. The molecule has 0 spiro atoms. The topological polar surface area (TPSA) is 144 Å². The lowest BCUT2D eigenvalue weighted by molar-refractivity contribution is -0.133. The van der Waals surface area contributed by atoms with E-state index in [1.165, 1.54) is 0 Å². The van der Waals surface area contributed by atoms with Crippen LogP contribution in [0.5, 0.6) is 11.6 Å². The van der Waals surface area contributed by atoms with Crippen molar-refractivity contribution in [2.75, 3.05) is 69.7 Å². The molecule has 1 aromatic carbocycles. The van der Waals surface area contributed by atoms with Gasteiger partial charge in [-0.05, 0) is 81.5 Å². The van der Waals surface area contributed by atoms with Gasteiger partial charge in [0.15, 0.2) is 11.6 Å². The van der Waals surface area contributed by atoms with Gasteiger partial charge in [0, 0.05) is 62.5 Å². The van der Waals surface area contributed by atoms with Crippen LogP contribution in [-0.2, 0) is 4.79 Å². The summed E-state index contributed by atoms with van der Waals surface area (Å²) in [7, 11) is 2.30. The van der Waals surface area contributed by atoms with E-state index in [2.05, 4.69) is 48.5 Å². The van der Waals surface area contributed by atoms with Crippen LogP contribution < -0.4 is 15.0 Å². The number of phenolic OH excluding ortho intramolecular Hbond substituents is 1. The number of rotatable bonds is 10. The number of aromatic nitrogens is 3. The molecule has 264 valence electrons. The van der Waals surface area contributed by atoms with E-state index < -0.39 is 12.0 Å². The lowest BCUT2D eigenvalue weighted by Crippen LogP contribution is -2.56. The lowest BCUT2D eigenvalue weighted by atomic mass is 9.91. The van der Waals surface area contributed by atoms with Gasteiger partial charge < -0.3 is 39.5 Å². The van der Waals surface area contributed by atoms with Crippen molar-refractivity contribution in [2.24, 2.45) is 5.92 Å². The Labute approximate surface area is 288 Å². The highest BCUT2D eigenvalue weighted by atomic mass is 16.5. The maximum atomic E-state index is 13.2. The van der Waals surface area contributed by atoms with Gasteiger partial charge >= 0.3 is 0 Å². The van der Waals surface area contributed by atoms with Gasteiger partial charge in [0.05, 0.1) is 17.5 Å². The van der Waals surface area contributed by atoms with Crippen molar-refractivity contribution in [2.45, 2.75) is 76.1 Å². The third kappa shape index (κ3) is 7.20. The van der Waals surface area contributed by atoms with Crippen LogP contribution in [-0.4, -0.2) is 130 Å². The summed E-state index contributed by atoms with van der Waals surface area (Å²) in [6, 6.07) is 12.6. The van der Waals surface area contributed by atoms with Gasteiger partial charge in [-0.15, -0.1) is 10.2 Å². The van der Waals surface area contributed by atoms with Crippen molar-refractivity contribution < 1.29 is 24.3 Å².